The van der Waals surface area contributed by atoms with Crippen molar-refractivity contribution in [1.82, 2.24) is 4.90 Å². The number of rotatable bonds is 2. The number of phenols is 1. The lowest BCUT2D eigenvalue weighted by atomic mass is 9.53. The van der Waals surface area contributed by atoms with Crippen LogP contribution in [0.4, 0.5) is 0 Å². The second-order valence-corrected chi connectivity index (χ2v) is 9.72. The first-order valence-electron chi connectivity index (χ1n) is 11.1. The predicted molar refractivity (Wildman–Crippen MR) is 109 cm³/mol. The van der Waals surface area contributed by atoms with Crippen molar-refractivity contribution in [3.05, 3.63) is 35.4 Å². The van der Waals surface area contributed by atoms with Gasteiger partial charge in [-0.05, 0) is 45.0 Å². The summed E-state index contributed by atoms with van der Waals surface area (Å²) >= 11 is 0. The van der Waals surface area contributed by atoms with Crippen molar-refractivity contribution >= 4 is 0 Å². The second kappa shape index (κ2) is 6.66. The van der Waals surface area contributed by atoms with E-state index in [0.717, 1.165) is 24.9 Å². The van der Waals surface area contributed by atoms with Crippen molar-refractivity contribution in [2.75, 3.05) is 13.6 Å². The average molecular weight is 431 g/mol. The number of nitrogens with zero attached hydrogens (tertiary/aromatic N) is 1. The molecule has 5 aliphatic rings. The molecule has 1 spiro atoms. The number of hydrogen-bond acceptors (Lipinski definition) is 8. The van der Waals surface area contributed by atoms with Gasteiger partial charge in [-0.3, -0.25) is 0 Å². The fourth-order valence-corrected chi connectivity index (χ4v) is 6.62. The lowest BCUT2D eigenvalue weighted by molar-refractivity contribution is -0.307. The number of aromatic hydroxyl groups is 1. The average Bonchev–Trinajstić information content (AvgIpc) is 3.11. The summed E-state index contributed by atoms with van der Waals surface area (Å²) in [5, 5.41) is 41.2. The summed E-state index contributed by atoms with van der Waals surface area (Å²) in [4.78, 5) is 2.40. The Bertz CT molecular complexity index is 937. The number of piperidine rings is 1. The van der Waals surface area contributed by atoms with E-state index in [1.807, 2.05) is 12.1 Å². The lowest BCUT2D eigenvalue weighted by Gasteiger charge is -2.57. The molecule has 4 N–H and O–H groups in total. The second-order valence-electron chi connectivity index (χ2n) is 9.72. The van der Waals surface area contributed by atoms with Crippen LogP contribution in [0.3, 0.4) is 0 Å². The minimum absolute atomic E-state index is 0.138. The number of likely N-dealkylation sites (N-methyl/N-ethyl adjacent to an activating group) is 1. The molecule has 31 heavy (non-hydrogen) atoms. The van der Waals surface area contributed by atoms with Crippen LogP contribution in [0.1, 0.15) is 24.5 Å². The molecule has 2 fully saturated rings. The van der Waals surface area contributed by atoms with Crippen LogP contribution in [0.5, 0.6) is 11.5 Å². The zero-order chi connectivity index (χ0) is 21.7. The Morgan fingerprint density at radius 2 is 1.94 bits per heavy atom. The highest BCUT2D eigenvalue weighted by molar-refractivity contribution is 5.61. The number of likely N-dealkylation sites (tertiary alicyclic amines) is 1. The first-order valence-corrected chi connectivity index (χ1v) is 11.1. The molecule has 6 rings (SSSR count). The molecule has 2 aliphatic carbocycles. The van der Waals surface area contributed by atoms with E-state index in [1.165, 1.54) is 5.56 Å². The number of aliphatic hydroxyl groups is 3. The fraction of sp³-hybridized carbons (Fsp3) is 0.652. The van der Waals surface area contributed by atoms with Crippen LogP contribution >= 0.6 is 0 Å². The van der Waals surface area contributed by atoms with Crippen molar-refractivity contribution in [3.63, 3.8) is 0 Å². The van der Waals surface area contributed by atoms with Crippen molar-refractivity contribution < 1.29 is 34.6 Å². The van der Waals surface area contributed by atoms with Gasteiger partial charge in [-0.25, -0.2) is 0 Å². The SMILES string of the molecule is CC1OC(O[C@H]2C=C[C@H]3[C@H]4Cc5ccc(O)c6c5C3(CCN4C)[C@H]2O6)C(O)C(O)C1O. The van der Waals surface area contributed by atoms with E-state index in [4.69, 9.17) is 14.2 Å². The number of hydrogen-bond donors (Lipinski definition) is 4. The molecule has 168 valence electrons. The van der Waals surface area contributed by atoms with Crippen LogP contribution in [-0.2, 0) is 21.3 Å². The van der Waals surface area contributed by atoms with E-state index in [0.29, 0.717) is 11.8 Å². The summed E-state index contributed by atoms with van der Waals surface area (Å²) in [6, 6.07) is 4.05. The molecule has 0 radical (unpaired) electrons. The molecule has 8 heteroatoms. The van der Waals surface area contributed by atoms with Crippen LogP contribution in [0.2, 0.25) is 0 Å². The molecule has 0 saturated carbocycles. The summed E-state index contributed by atoms with van der Waals surface area (Å²) in [5.74, 6) is 0.912. The minimum atomic E-state index is -1.38. The van der Waals surface area contributed by atoms with Gasteiger partial charge in [0.2, 0.25) is 0 Å². The first kappa shape index (κ1) is 20.0. The Kier molecular flexibility index (Phi) is 4.29. The quantitative estimate of drug-likeness (QED) is 0.486. The number of phenolic OH excluding ortho intramolecular Hbond substituents is 1. The van der Waals surface area contributed by atoms with Crippen LogP contribution in [0.15, 0.2) is 24.3 Å². The molecule has 10 atom stereocenters. The first-order chi connectivity index (χ1) is 14.8. The van der Waals surface area contributed by atoms with Crippen LogP contribution in [0, 0.1) is 5.92 Å². The summed E-state index contributed by atoms with van der Waals surface area (Å²) < 4.78 is 18.3. The number of aliphatic hydroxyl groups excluding tert-OH is 3. The predicted octanol–water partition coefficient (Wildman–Crippen LogP) is 0.0499. The van der Waals surface area contributed by atoms with Gasteiger partial charge in [-0.15, -0.1) is 0 Å². The smallest absolute Gasteiger partial charge is 0.187 e. The Balaban J connectivity index is 1.40. The van der Waals surface area contributed by atoms with E-state index in [9.17, 15) is 20.4 Å². The van der Waals surface area contributed by atoms with E-state index in [2.05, 4.69) is 18.0 Å². The Morgan fingerprint density at radius 3 is 2.74 bits per heavy atom. The third-order valence-corrected chi connectivity index (χ3v) is 8.23. The molecule has 3 aliphatic heterocycles. The molecule has 6 unspecified atom stereocenters. The monoisotopic (exact) mass is 431 g/mol. The summed E-state index contributed by atoms with van der Waals surface area (Å²) in [7, 11) is 2.16. The highest BCUT2D eigenvalue weighted by Gasteiger charge is 2.65. The van der Waals surface area contributed by atoms with Gasteiger partial charge in [0.1, 0.15) is 30.5 Å². The molecule has 8 nitrogen and oxygen atoms in total. The number of ether oxygens (including phenoxy) is 3. The van der Waals surface area contributed by atoms with Crippen molar-refractivity contribution in [1.29, 1.82) is 0 Å². The van der Waals surface area contributed by atoms with Gasteiger partial charge in [0, 0.05) is 22.9 Å². The lowest BCUT2D eigenvalue weighted by Crippen LogP contribution is -2.66. The Labute approximate surface area is 180 Å². The molecule has 0 aromatic heterocycles. The van der Waals surface area contributed by atoms with Crippen LogP contribution in [-0.4, -0.2) is 87.9 Å². The molecular weight excluding hydrogens is 402 g/mol. The third-order valence-electron chi connectivity index (χ3n) is 8.23. The number of benzene rings is 1. The molecule has 0 amide bonds. The van der Waals surface area contributed by atoms with Crippen LogP contribution in [0.25, 0.3) is 0 Å². The minimum Gasteiger partial charge on any atom is -0.504 e. The zero-order valence-electron chi connectivity index (χ0n) is 17.6. The normalized spacial score (nSPS) is 47.7. The van der Waals surface area contributed by atoms with Crippen molar-refractivity contribution in [2.24, 2.45) is 5.92 Å². The molecule has 1 aromatic carbocycles. The van der Waals surface area contributed by atoms with Crippen molar-refractivity contribution in [2.45, 2.75) is 74.1 Å². The largest absolute Gasteiger partial charge is 0.504 e. The van der Waals surface area contributed by atoms with Gasteiger partial charge >= 0.3 is 0 Å². The molecular formula is C23H29NO7. The highest BCUT2D eigenvalue weighted by atomic mass is 16.7. The molecule has 2 bridgehead atoms. The van der Waals surface area contributed by atoms with Crippen LogP contribution < -0.4 is 4.74 Å². The maximum Gasteiger partial charge on any atom is 0.187 e. The van der Waals surface area contributed by atoms with E-state index < -0.39 is 36.8 Å². The summed E-state index contributed by atoms with van der Waals surface area (Å²) in [5.41, 5.74) is 1.98. The highest BCUT2D eigenvalue weighted by Crippen LogP contribution is 2.62. The maximum absolute atomic E-state index is 10.6. The molecule has 1 aromatic rings. The molecule has 2 saturated heterocycles. The van der Waals surface area contributed by atoms with Gasteiger partial charge in [-0.1, -0.05) is 18.2 Å². The van der Waals surface area contributed by atoms with Crippen molar-refractivity contribution in [3.8, 4) is 11.5 Å². The molecule has 3 heterocycles. The maximum atomic E-state index is 10.6. The van der Waals surface area contributed by atoms with Gasteiger partial charge in [0.15, 0.2) is 17.8 Å². The topological polar surface area (TPSA) is 112 Å². The Hall–Kier alpha value is -1.68. The summed E-state index contributed by atoms with van der Waals surface area (Å²) in [6.07, 6.45) is -0.668. The third kappa shape index (κ3) is 2.52. The van der Waals surface area contributed by atoms with Gasteiger partial charge < -0.3 is 39.5 Å². The summed E-state index contributed by atoms with van der Waals surface area (Å²) in [6.45, 7) is 2.55. The van der Waals surface area contributed by atoms with E-state index >= 15 is 0 Å². The van der Waals surface area contributed by atoms with Gasteiger partial charge in [0.25, 0.3) is 0 Å². The fourth-order valence-electron chi connectivity index (χ4n) is 6.62. The zero-order valence-corrected chi connectivity index (χ0v) is 17.6. The van der Waals surface area contributed by atoms with E-state index in [1.54, 1.807) is 13.0 Å². The van der Waals surface area contributed by atoms with Gasteiger partial charge in [-0.2, -0.15) is 0 Å². The standard InChI is InChI=1S/C23H29NO7/c1-10-17(26)18(27)19(28)22(29-10)30-15-6-4-12-13-9-11-3-5-14(25)20-16(11)23(12,21(15)31-20)7-8-24(13)2/h3-6,10,12-13,15,17-19,21-22,25-28H,7-9H2,1-2H3/t10?,12-,13+,15-,17?,18?,19?,21-,22?,23?/m0/s1. The van der Waals surface area contributed by atoms with E-state index in [-0.39, 0.29) is 23.2 Å². The van der Waals surface area contributed by atoms with Gasteiger partial charge in [0.05, 0.1) is 6.10 Å². The Morgan fingerprint density at radius 1 is 1.13 bits per heavy atom.